The number of hydrogen-bond acceptors (Lipinski definition) is 3. The van der Waals surface area contributed by atoms with Crippen molar-refractivity contribution in [1.29, 1.82) is 0 Å². The maximum absolute atomic E-state index is 12.9. The lowest BCUT2D eigenvalue weighted by atomic mass is 10.1. The van der Waals surface area contributed by atoms with E-state index < -0.39 is 18.0 Å². The fraction of sp³-hybridized carbons (Fsp3) is 0.222. The van der Waals surface area contributed by atoms with Crippen molar-refractivity contribution in [3.63, 3.8) is 0 Å². The highest BCUT2D eigenvalue weighted by Gasteiger charge is 2.46. The van der Waals surface area contributed by atoms with E-state index in [9.17, 15) is 14.0 Å². The fourth-order valence-corrected chi connectivity index (χ4v) is 2.66. The van der Waals surface area contributed by atoms with E-state index >= 15 is 0 Å². The maximum atomic E-state index is 12.9. The van der Waals surface area contributed by atoms with E-state index in [1.165, 1.54) is 12.1 Å². The molecule has 0 saturated heterocycles. The molecular weight excluding hydrogens is 297 g/mol. The van der Waals surface area contributed by atoms with Crippen LogP contribution in [0.4, 0.5) is 4.39 Å². The molecule has 3 atom stereocenters. The molecule has 3 rings (SSSR count). The second-order valence-electron chi connectivity index (χ2n) is 5.63. The Hall–Kier alpha value is -2.69. The third kappa shape index (κ3) is 3.39. The van der Waals surface area contributed by atoms with Crippen LogP contribution in [0.5, 0.6) is 0 Å². The minimum absolute atomic E-state index is 0.00685. The number of primary amides is 1. The standard InChI is InChI=1S/C18H16FNO3/c19-13-8-6-11(7-9-13)14-10-15(14)18(22)23-16(17(20)21)12-4-2-1-3-5-12/h1-9,14-16H,10H2,(H2,20,21)/t14-,15+,16-/m1/s1. The molecule has 1 aliphatic rings. The molecule has 2 aromatic carbocycles. The molecule has 118 valence electrons. The molecule has 2 aromatic rings. The molecule has 0 aliphatic heterocycles. The van der Waals surface area contributed by atoms with Gasteiger partial charge in [-0.2, -0.15) is 0 Å². The van der Waals surface area contributed by atoms with Gasteiger partial charge in [0.25, 0.3) is 5.91 Å². The number of benzene rings is 2. The topological polar surface area (TPSA) is 69.4 Å². The number of halogens is 1. The number of rotatable bonds is 5. The number of carbonyl (C=O) groups is 2. The summed E-state index contributed by atoms with van der Waals surface area (Å²) in [5, 5.41) is 0. The van der Waals surface area contributed by atoms with Crippen LogP contribution in [0.2, 0.25) is 0 Å². The molecule has 4 nitrogen and oxygen atoms in total. The first-order valence-corrected chi connectivity index (χ1v) is 7.36. The summed E-state index contributed by atoms with van der Waals surface area (Å²) in [4.78, 5) is 23.8. The zero-order chi connectivity index (χ0) is 16.4. The van der Waals surface area contributed by atoms with Crippen molar-refractivity contribution in [1.82, 2.24) is 0 Å². The molecule has 0 unspecified atom stereocenters. The SMILES string of the molecule is NC(=O)[C@H](OC(=O)[C@H]1C[C@@H]1c1ccc(F)cc1)c1ccccc1. The van der Waals surface area contributed by atoms with Crippen LogP contribution in [-0.2, 0) is 14.3 Å². The molecule has 0 heterocycles. The summed E-state index contributed by atoms with van der Waals surface area (Å²) < 4.78 is 18.2. The smallest absolute Gasteiger partial charge is 0.310 e. The summed E-state index contributed by atoms with van der Waals surface area (Å²) in [5.74, 6) is -1.78. The van der Waals surface area contributed by atoms with Crippen molar-refractivity contribution in [2.75, 3.05) is 0 Å². The molecule has 0 bridgehead atoms. The lowest BCUT2D eigenvalue weighted by molar-refractivity contribution is -0.156. The highest BCUT2D eigenvalue weighted by molar-refractivity contribution is 5.85. The van der Waals surface area contributed by atoms with Crippen molar-refractivity contribution in [3.05, 3.63) is 71.5 Å². The Morgan fingerprint density at radius 2 is 1.74 bits per heavy atom. The summed E-state index contributed by atoms with van der Waals surface area (Å²) in [7, 11) is 0. The number of amides is 1. The maximum Gasteiger partial charge on any atom is 0.310 e. The Morgan fingerprint density at radius 1 is 1.09 bits per heavy atom. The van der Waals surface area contributed by atoms with Crippen LogP contribution < -0.4 is 5.73 Å². The van der Waals surface area contributed by atoms with Gasteiger partial charge in [-0.1, -0.05) is 42.5 Å². The number of nitrogens with two attached hydrogens (primary N) is 1. The second-order valence-corrected chi connectivity index (χ2v) is 5.63. The minimum atomic E-state index is -1.09. The van der Waals surface area contributed by atoms with E-state index in [-0.39, 0.29) is 17.7 Å². The van der Waals surface area contributed by atoms with Gasteiger partial charge in [0, 0.05) is 5.56 Å². The van der Waals surface area contributed by atoms with Crippen LogP contribution in [0.3, 0.4) is 0 Å². The van der Waals surface area contributed by atoms with Crippen molar-refractivity contribution in [3.8, 4) is 0 Å². The lowest BCUT2D eigenvalue weighted by Gasteiger charge is -2.15. The van der Waals surface area contributed by atoms with Gasteiger partial charge in [0.1, 0.15) is 5.82 Å². The molecule has 0 radical (unpaired) electrons. The van der Waals surface area contributed by atoms with Crippen LogP contribution in [0.25, 0.3) is 0 Å². The van der Waals surface area contributed by atoms with Crippen LogP contribution >= 0.6 is 0 Å². The van der Waals surface area contributed by atoms with Crippen LogP contribution in [0.15, 0.2) is 54.6 Å². The van der Waals surface area contributed by atoms with Gasteiger partial charge in [0.2, 0.25) is 6.10 Å². The Morgan fingerprint density at radius 3 is 2.35 bits per heavy atom. The number of ether oxygens (including phenoxy) is 1. The average molecular weight is 313 g/mol. The first-order chi connectivity index (χ1) is 11.1. The second kappa shape index (κ2) is 6.20. The van der Waals surface area contributed by atoms with Gasteiger partial charge < -0.3 is 10.5 Å². The zero-order valence-electron chi connectivity index (χ0n) is 12.3. The van der Waals surface area contributed by atoms with Crippen molar-refractivity contribution >= 4 is 11.9 Å². The van der Waals surface area contributed by atoms with Crippen LogP contribution in [-0.4, -0.2) is 11.9 Å². The third-order valence-electron chi connectivity index (χ3n) is 3.99. The third-order valence-corrected chi connectivity index (χ3v) is 3.99. The Kier molecular flexibility index (Phi) is 4.10. The molecule has 1 saturated carbocycles. The van der Waals surface area contributed by atoms with E-state index in [0.717, 1.165) is 5.56 Å². The summed E-state index contributed by atoms with van der Waals surface area (Å²) in [6, 6.07) is 14.7. The summed E-state index contributed by atoms with van der Waals surface area (Å²) in [5.41, 5.74) is 6.78. The van der Waals surface area contributed by atoms with E-state index in [0.29, 0.717) is 12.0 Å². The molecule has 23 heavy (non-hydrogen) atoms. The highest BCUT2D eigenvalue weighted by atomic mass is 19.1. The summed E-state index contributed by atoms with van der Waals surface area (Å²) >= 11 is 0. The monoisotopic (exact) mass is 313 g/mol. The average Bonchev–Trinajstić information content (AvgIpc) is 3.34. The molecule has 5 heteroatoms. The zero-order valence-corrected chi connectivity index (χ0v) is 12.3. The van der Waals surface area contributed by atoms with Crippen molar-refractivity contribution in [2.45, 2.75) is 18.4 Å². The molecule has 0 aromatic heterocycles. The molecule has 1 fully saturated rings. The summed E-state index contributed by atoms with van der Waals surface area (Å²) in [6.07, 6.45) is -0.455. The van der Waals surface area contributed by atoms with E-state index in [4.69, 9.17) is 10.5 Å². The predicted octanol–water partition coefficient (Wildman–Crippen LogP) is 2.70. The Labute approximate surface area is 133 Å². The molecule has 2 N–H and O–H groups in total. The van der Waals surface area contributed by atoms with Gasteiger partial charge >= 0.3 is 5.97 Å². The van der Waals surface area contributed by atoms with Gasteiger partial charge in [-0.25, -0.2) is 4.39 Å². The highest BCUT2D eigenvalue weighted by Crippen LogP contribution is 2.48. The van der Waals surface area contributed by atoms with Crippen LogP contribution in [0.1, 0.15) is 29.6 Å². The minimum Gasteiger partial charge on any atom is -0.447 e. The summed E-state index contributed by atoms with van der Waals surface area (Å²) in [6.45, 7) is 0. The van der Waals surface area contributed by atoms with Gasteiger partial charge in [-0.3, -0.25) is 9.59 Å². The normalized spacial score (nSPS) is 20.6. The molecule has 0 spiro atoms. The fourth-order valence-electron chi connectivity index (χ4n) is 2.66. The number of esters is 1. The predicted molar refractivity (Wildman–Crippen MR) is 81.7 cm³/mol. The number of carbonyl (C=O) groups excluding carboxylic acids is 2. The Bertz CT molecular complexity index is 715. The van der Waals surface area contributed by atoms with Crippen molar-refractivity contribution in [2.24, 2.45) is 11.7 Å². The molecule has 1 amide bonds. The van der Waals surface area contributed by atoms with E-state index in [1.807, 2.05) is 0 Å². The van der Waals surface area contributed by atoms with E-state index in [1.54, 1.807) is 42.5 Å². The quantitative estimate of drug-likeness (QED) is 0.863. The van der Waals surface area contributed by atoms with E-state index in [2.05, 4.69) is 0 Å². The molecular formula is C18H16FNO3. The largest absolute Gasteiger partial charge is 0.447 e. The number of hydrogen-bond donors (Lipinski definition) is 1. The first kappa shape index (κ1) is 15.2. The first-order valence-electron chi connectivity index (χ1n) is 7.36. The van der Waals surface area contributed by atoms with Gasteiger partial charge in [-0.15, -0.1) is 0 Å². The van der Waals surface area contributed by atoms with Gasteiger partial charge in [0.15, 0.2) is 0 Å². The molecule has 1 aliphatic carbocycles. The van der Waals surface area contributed by atoms with Gasteiger partial charge in [-0.05, 0) is 30.0 Å². The Balaban J connectivity index is 1.67. The van der Waals surface area contributed by atoms with Crippen LogP contribution in [0, 0.1) is 11.7 Å². The van der Waals surface area contributed by atoms with Gasteiger partial charge in [0.05, 0.1) is 5.92 Å². The van der Waals surface area contributed by atoms with Crippen molar-refractivity contribution < 1.29 is 18.7 Å². The lowest BCUT2D eigenvalue weighted by Crippen LogP contribution is -2.26.